The van der Waals surface area contributed by atoms with E-state index >= 15 is 0 Å². The quantitative estimate of drug-likeness (QED) is 0.610. The molecule has 0 radical (unpaired) electrons. The number of rotatable bonds is 6. The van der Waals surface area contributed by atoms with Crippen molar-refractivity contribution in [3.05, 3.63) is 59.1 Å². The summed E-state index contributed by atoms with van der Waals surface area (Å²) in [6.45, 7) is 2.02. The number of hydrogen-bond acceptors (Lipinski definition) is 4. The molecule has 0 aromatic heterocycles. The summed E-state index contributed by atoms with van der Waals surface area (Å²) in [6.07, 6.45) is -0.331. The summed E-state index contributed by atoms with van der Waals surface area (Å²) in [6, 6.07) is 12.8. The van der Waals surface area contributed by atoms with Gasteiger partial charge in [0.25, 0.3) is 0 Å². The van der Waals surface area contributed by atoms with Crippen LogP contribution in [0.15, 0.2) is 48.5 Å². The zero-order chi connectivity index (χ0) is 18.2. The zero-order valence-corrected chi connectivity index (χ0v) is 14.3. The van der Waals surface area contributed by atoms with Gasteiger partial charge in [0, 0.05) is 16.4 Å². The lowest BCUT2D eigenvalue weighted by molar-refractivity contribution is -0.123. The molecule has 2 rings (SSSR count). The Kier molecular flexibility index (Phi) is 6.54. The Bertz CT molecular complexity index is 758. The molecule has 2 aromatic rings. The number of nitrogens with one attached hydrogen (secondary N) is 2. The number of anilines is 2. The minimum atomic E-state index is -0.463. The first-order valence-corrected chi connectivity index (χ1v) is 7.98. The molecule has 0 aliphatic carbocycles. The molecule has 25 heavy (non-hydrogen) atoms. The van der Waals surface area contributed by atoms with Gasteiger partial charge in [-0.25, -0.2) is 4.79 Å². The molecule has 0 aliphatic heterocycles. The van der Waals surface area contributed by atoms with Crippen molar-refractivity contribution in [2.45, 2.75) is 13.3 Å². The van der Waals surface area contributed by atoms with Crippen molar-refractivity contribution < 1.29 is 19.1 Å². The molecule has 130 valence electrons. The number of amides is 2. The molecule has 0 atom stereocenters. The van der Waals surface area contributed by atoms with Gasteiger partial charge in [-0.2, -0.15) is 0 Å². The zero-order valence-electron chi connectivity index (χ0n) is 13.5. The molecule has 0 saturated heterocycles. The molecule has 0 heterocycles. The predicted molar refractivity (Wildman–Crippen MR) is 95.7 cm³/mol. The van der Waals surface area contributed by atoms with Crippen LogP contribution >= 0.6 is 11.6 Å². The van der Waals surface area contributed by atoms with Gasteiger partial charge < -0.3 is 15.4 Å². The Morgan fingerprint density at radius 2 is 1.36 bits per heavy atom. The van der Waals surface area contributed by atoms with E-state index in [1.807, 2.05) is 0 Å². The lowest BCUT2D eigenvalue weighted by Crippen LogP contribution is -2.21. The summed E-state index contributed by atoms with van der Waals surface area (Å²) in [5, 5.41) is 5.75. The fraction of sp³-hybridized carbons (Fsp3) is 0.167. The second-order valence-corrected chi connectivity index (χ2v) is 5.51. The Balaban J connectivity index is 1.86. The van der Waals surface area contributed by atoms with Gasteiger partial charge in [-0.1, -0.05) is 11.6 Å². The van der Waals surface area contributed by atoms with Gasteiger partial charge in [0.1, 0.15) is 6.42 Å². The first kappa shape index (κ1) is 18.5. The second kappa shape index (κ2) is 8.84. The average molecular weight is 361 g/mol. The molecule has 0 spiro atoms. The molecule has 2 amide bonds. The van der Waals surface area contributed by atoms with Crippen molar-refractivity contribution in [1.82, 2.24) is 0 Å². The third-order valence-corrected chi connectivity index (χ3v) is 3.38. The molecular weight excluding hydrogens is 344 g/mol. The number of hydrogen-bond donors (Lipinski definition) is 2. The number of esters is 1. The highest BCUT2D eigenvalue weighted by Crippen LogP contribution is 2.14. The van der Waals surface area contributed by atoms with Crippen LogP contribution in [0.2, 0.25) is 5.02 Å². The van der Waals surface area contributed by atoms with E-state index in [2.05, 4.69) is 10.6 Å². The van der Waals surface area contributed by atoms with E-state index in [1.54, 1.807) is 55.5 Å². The van der Waals surface area contributed by atoms with Crippen LogP contribution in [0.3, 0.4) is 0 Å². The van der Waals surface area contributed by atoms with Crippen LogP contribution in [0.4, 0.5) is 11.4 Å². The monoisotopic (exact) mass is 360 g/mol. The van der Waals surface area contributed by atoms with Crippen LogP contribution in [0.5, 0.6) is 0 Å². The normalized spacial score (nSPS) is 10.0. The summed E-state index contributed by atoms with van der Waals surface area (Å²) >= 11 is 5.77. The average Bonchev–Trinajstić information content (AvgIpc) is 2.57. The summed E-state index contributed by atoms with van der Waals surface area (Å²) in [5.74, 6) is -1.33. The molecule has 0 bridgehead atoms. The molecule has 2 aromatic carbocycles. The maximum absolute atomic E-state index is 11.9. The van der Waals surface area contributed by atoms with Gasteiger partial charge in [-0.15, -0.1) is 0 Å². The lowest BCUT2D eigenvalue weighted by Gasteiger charge is -2.07. The summed E-state index contributed by atoms with van der Waals surface area (Å²) in [5.41, 5.74) is 1.43. The lowest BCUT2D eigenvalue weighted by atomic mass is 10.2. The third-order valence-electron chi connectivity index (χ3n) is 3.13. The van der Waals surface area contributed by atoms with E-state index in [0.717, 1.165) is 0 Å². The highest BCUT2D eigenvalue weighted by atomic mass is 35.5. The molecule has 0 unspecified atom stereocenters. The van der Waals surface area contributed by atoms with Crippen molar-refractivity contribution in [2.24, 2.45) is 0 Å². The van der Waals surface area contributed by atoms with Crippen LogP contribution in [0, 0.1) is 0 Å². The van der Waals surface area contributed by atoms with Crippen molar-refractivity contribution in [3.63, 3.8) is 0 Å². The van der Waals surface area contributed by atoms with E-state index < -0.39 is 17.8 Å². The van der Waals surface area contributed by atoms with Gasteiger partial charge in [0.05, 0.1) is 12.2 Å². The first-order valence-electron chi connectivity index (χ1n) is 7.60. The predicted octanol–water partition coefficient (Wildman–Crippen LogP) is 3.48. The van der Waals surface area contributed by atoms with Gasteiger partial charge in [0.15, 0.2) is 0 Å². The van der Waals surface area contributed by atoms with Crippen molar-refractivity contribution in [3.8, 4) is 0 Å². The number of ether oxygens (including phenoxy) is 1. The van der Waals surface area contributed by atoms with Gasteiger partial charge >= 0.3 is 5.97 Å². The topological polar surface area (TPSA) is 84.5 Å². The number of halogens is 1. The molecule has 0 saturated carbocycles. The Labute approximate surface area is 150 Å². The van der Waals surface area contributed by atoms with E-state index in [-0.39, 0.29) is 6.42 Å². The van der Waals surface area contributed by atoms with Crippen molar-refractivity contribution in [2.75, 3.05) is 17.2 Å². The summed E-state index contributed by atoms with van der Waals surface area (Å²) in [4.78, 5) is 35.3. The van der Waals surface area contributed by atoms with Gasteiger partial charge in [-0.3, -0.25) is 9.59 Å². The van der Waals surface area contributed by atoms with Crippen LogP contribution in [0.1, 0.15) is 23.7 Å². The van der Waals surface area contributed by atoms with Crippen molar-refractivity contribution in [1.29, 1.82) is 0 Å². The van der Waals surface area contributed by atoms with Crippen LogP contribution in [-0.4, -0.2) is 24.4 Å². The van der Waals surface area contributed by atoms with E-state index in [1.165, 1.54) is 0 Å². The maximum Gasteiger partial charge on any atom is 0.338 e. The smallest absolute Gasteiger partial charge is 0.338 e. The molecular formula is C18H17ClN2O4. The van der Waals surface area contributed by atoms with Gasteiger partial charge in [-0.05, 0) is 55.5 Å². The Morgan fingerprint density at radius 1 is 0.880 bits per heavy atom. The van der Waals surface area contributed by atoms with E-state index in [4.69, 9.17) is 16.3 Å². The van der Waals surface area contributed by atoms with Crippen LogP contribution < -0.4 is 10.6 Å². The molecule has 0 fully saturated rings. The Hall–Kier alpha value is -2.86. The summed E-state index contributed by atoms with van der Waals surface area (Å²) in [7, 11) is 0. The number of carbonyl (C=O) groups excluding carboxylic acids is 3. The molecule has 6 nitrogen and oxygen atoms in total. The van der Waals surface area contributed by atoms with Gasteiger partial charge in [0.2, 0.25) is 11.8 Å². The standard InChI is InChI=1S/C18H17ClN2O4/c1-2-25-18(24)12-3-7-14(8-4-12)20-16(22)11-17(23)21-15-9-5-13(19)6-10-15/h3-10H,2,11H2,1H3,(H,20,22)(H,21,23). The Morgan fingerprint density at radius 3 is 1.84 bits per heavy atom. The minimum Gasteiger partial charge on any atom is -0.462 e. The molecule has 0 aliphatic rings. The number of benzene rings is 2. The maximum atomic E-state index is 11.9. The third kappa shape index (κ3) is 5.93. The van der Waals surface area contributed by atoms with Crippen molar-refractivity contribution >= 4 is 40.8 Å². The van der Waals surface area contributed by atoms with Crippen LogP contribution in [0.25, 0.3) is 0 Å². The van der Waals surface area contributed by atoms with E-state index in [0.29, 0.717) is 28.6 Å². The van der Waals surface area contributed by atoms with E-state index in [9.17, 15) is 14.4 Å². The molecule has 7 heteroatoms. The fourth-order valence-electron chi connectivity index (χ4n) is 1.99. The highest BCUT2D eigenvalue weighted by Gasteiger charge is 2.11. The first-order chi connectivity index (χ1) is 12.0. The second-order valence-electron chi connectivity index (χ2n) is 5.08. The highest BCUT2D eigenvalue weighted by molar-refractivity contribution is 6.30. The SMILES string of the molecule is CCOC(=O)c1ccc(NC(=O)CC(=O)Nc2ccc(Cl)cc2)cc1. The molecule has 2 N–H and O–H groups in total. The van der Waals surface area contributed by atoms with Crippen LogP contribution in [-0.2, 0) is 14.3 Å². The summed E-state index contributed by atoms with van der Waals surface area (Å²) < 4.78 is 4.88. The fourth-order valence-corrected chi connectivity index (χ4v) is 2.12. The largest absolute Gasteiger partial charge is 0.462 e. The number of carbonyl (C=O) groups is 3. The minimum absolute atomic E-state index is 0.292.